The summed E-state index contributed by atoms with van der Waals surface area (Å²) in [5.41, 5.74) is 5.21. The number of hydrogen-bond acceptors (Lipinski definition) is 8. The number of aromatic nitrogens is 5. The number of hydrogen-bond donors (Lipinski definition) is 3. The van der Waals surface area contributed by atoms with Crippen LogP contribution in [0.1, 0.15) is 11.3 Å². The molecular weight excluding hydrogens is 440 g/mol. The number of rotatable bonds is 5. The first-order valence-electron chi connectivity index (χ1n) is 9.00. The van der Waals surface area contributed by atoms with Crippen LogP contribution >= 0.6 is 34.3 Å². The maximum Gasteiger partial charge on any atom is 0.210 e. The summed E-state index contributed by atoms with van der Waals surface area (Å²) in [6.45, 7) is 1.90. The van der Waals surface area contributed by atoms with Gasteiger partial charge in [0.2, 0.25) is 5.13 Å². The summed E-state index contributed by atoms with van der Waals surface area (Å²) in [6, 6.07) is 9.66. The van der Waals surface area contributed by atoms with E-state index in [1.54, 1.807) is 17.5 Å². The summed E-state index contributed by atoms with van der Waals surface area (Å²) in [6.07, 6.45) is 1.69. The number of nitrogens with zero attached hydrogens (tertiary/aromatic N) is 4. The number of fused-ring (bicyclic) bond motifs is 1. The first kappa shape index (κ1) is 19.1. The maximum absolute atomic E-state index is 9.70. The van der Waals surface area contributed by atoms with Gasteiger partial charge in [-0.1, -0.05) is 22.9 Å². The third-order valence-corrected chi connectivity index (χ3v) is 6.82. The minimum atomic E-state index is -0.0601. The molecule has 0 fully saturated rings. The van der Waals surface area contributed by atoms with Gasteiger partial charge in [0.25, 0.3) is 0 Å². The van der Waals surface area contributed by atoms with E-state index in [1.807, 2.05) is 42.6 Å². The minimum absolute atomic E-state index is 0.0601. The van der Waals surface area contributed by atoms with Crippen LogP contribution in [0.15, 0.2) is 41.9 Å². The van der Waals surface area contributed by atoms with Crippen LogP contribution in [0, 0.1) is 6.92 Å². The lowest BCUT2D eigenvalue weighted by Gasteiger charge is -2.05. The average Bonchev–Trinajstić information content (AvgIpc) is 3.50. The zero-order chi connectivity index (χ0) is 20.7. The monoisotopic (exact) mass is 454 g/mol. The van der Waals surface area contributed by atoms with Gasteiger partial charge in [-0.3, -0.25) is 5.10 Å². The van der Waals surface area contributed by atoms with Crippen molar-refractivity contribution < 1.29 is 5.11 Å². The van der Waals surface area contributed by atoms with Gasteiger partial charge < -0.3 is 10.4 Å². The molecule has 150 valence electrons. The van der Waals surface area contributed by atoms with Crippen molar-refractivity contribution in [2.75, 3.05) is 5.32 Å². The molecule has 0 saturated heterocycles. The predicted molar refractivity (Wildman–Crippen MR) is 121 cm³/mol. The van der Waals surface area contributed by atoms with Crippen molar-refractivity contribution in [3.05, 3.63) is 58.2 Å². The first-order valence-corrected chi connectivity index (χ1v) is 11.1. The Bertz CT molecular complexity index is 1360. The van der Waals surface area contributed by atoms with Gasteiger partial charge in [-0.25, -0.2) is 4.98 Å². The SMILES string of the molecule is Cc1csc(-c2cc(CO)cc(-c3nnc(Nc4ccc5[nH]ncc5c4Cl)s3)c2)n1. The highest BCUT2D eigenvalue weighted by molar-refractivity contribution is 7.18. The molecule has 10 heteroatoms. The van der Waals surface area contributed by atoms with Gasteiger partial charge in [0.05, 0.1) is 29.0 Å². The molecule has 0 aliphatic heterocycles. The fraction of sp³-hybridized carbons (Fsp3) is 0.100. The zero-order valence-electron chi connectivity index (χ0n) is 15.7. The summed E-state index contributed by atoms with van der Waals surface area (Å²) in [7, 11) is 0. The molecule has 3 N–H and O–H groups in total. The first-order chi connectivity index (χ1) is 14.6. The van der Waals surface area contributed by atoms with Gasteiger partial charge in [0, 0.05) is 27.6 Å². The third kappa shape index (κ3) is 3.56. The lowest BCUT2D eigenvalue weighted by molar-refractivity contribution is 0.282. The van der Waals surface area contributed by atoms with Crippen LogP contribution in [0.2, 0.25) is 5.02 Å². The maximum atomic E-state index is 9.70. The molecule has 5 rings (SSSR count). The molecule has 7 nitrogen and oxygen atoms in total. The number of thiazole rings is 1. The highest BCUT2D eigenvalue weighted by Crippen LogP contribution is 2.36. The Morgan fingerprint density at radius 2 is 1.97 bits per heavy atom. The van der Waals surface area contributed by atoms with E-state index in [2.05, 4.69) is 30.7 Å². The number of aliphatic hydroxyl groups excluding tert-OH is 1. The Morgan fingerprint density at radius 3 is 2.73 bits per heavy atom. The van der Waals surface area contributed by atoms with E-state index >= 15 is 0 Å². The molecule has 0 unspecified atom stereocenters. The molecule has 0 atom stereocenters. The lowest BCUT2D eigenvalue weighted by atomic mass is 10.1. The van der Waals surface area contributed by atoms with Crippen LogP contribution in [0.3, 0.4) is 0 Å². The van der Waals surface area contributed by atoms with E-state index in [4.69, 9.17) is 11.6 Å². The molecular formula is C20H15ClN6OS2. The third-order valence-electron chi connectivity index (χ3n) is 4.51. The second-order valence-corrected chi connectivity index (χ2v) is 8.88. The number of halogens is 1. The number of aromatic amines is 1. The standard InChI is InChI=1S/C20H15ClN6OS2/c1-10-9-29-18(23-10)12-4-11(8-28)5-13(6-12)19-26-27-20(30-19)24-16-3-2-15-14(17(16)21)7-22-25-15/h2-7,9,28H,8H2,1H3,(H,22,25)(H,24,27). The Balaban J connectivity index is 1.48. The van der Waals surface area contributed by atoms with Crippen molar-refractivity contribution in [3.8, 4) is 21.1 Å². The van der Waals surface area contributed by atoms with Crippen molar-refractivity contribution >= 4 is 56.0 Å². The molecule has 0 aliphatic carbocycles. The van der Waals surface area contributed by atoms with E-state index < -0.39 is 0 Å². The van der Waals surface area contributed by atoms with Crippen LogP contribution in [0.25, 0.3) is 32.0 Å². The number of anilines is 2. The summed E-state index contributed by atoms with van der Waals surface area (Å²) in [5.74, 6) is 0. The molecule has 0 aliphatic rings. The average molecular weight is 455 g/mol. The Labute approximate surface area is 184 Å². The van der Waals surface area contributed by atoms with Crippen molar-refractivity contribution in [3.63, 3.8) is 0 Å². The Morgan fingerprint density at radius 1 is 1.13 bits per heavy atom. The predicted octanol–water partition coefficient (Wildman–Crippen LogP) is 5.40. The normalized spacial score (nSPS) is 11.3. The minimum Gasteiger partial charge on any atom is -0.392 e. The summed E-state index contributed by atoms with van der Waals surface area (Å²) in [4.78, 5) is 4.55. The van der Waals surface area contributed by atoms with Crippen LogP contribution < -0.4 is 5.32 Å². The quantitative estimate of drug-likeness (QED) is 0.328. The molecule has 0 saturated carbocycles. The van der Waals surface area contributed by atoms with E-state index in [-0.39, 0.29) is 6.61 Å². The van der Waals surface area contributed by atoms with Gasteiger partial charge in [-0.15, -0.1) is 21.5 Å². The Kier molecular flexibility index (Phi) is 4.95. The van der Waals surface area contributed by atoms with Crippen LogP contribution in [0.5, 0.6) is 0 Å². The van der Waals surface area contributed by atoms with Gasteiger partial charge in [-0.05, 0) is 42.8 Å². The molecule has 0 spiro atoms. The fourth-order valence-corrected chi connectivity index (χ4v) is 4.89. The van der Waals surface area contributed by atoms with E-state index in [0.29, 0.717) is 10.2 Å². The molecule has 5 aromatic rings. The number of H-pyrrole nitrogens is 1. The summed E-state index contributed by atoms with van der Waals surface area (Å²) in [5, 5.41) is 34.1. The zero-order valence-corrected chi connectivity index (χ0v) is 18.1. The van der Waals surface area contributed by atoms with Crippen molar-refractivity contribution in [2.45, 2.75) is 13.5 Å². The largest absolute Gasteiger partial charge is 0.392 e. The topological polar surface area (TPSA) is 99.6 Å². The molecule has 3 aromatic heterocycles. The lowest BCUT2D eigenvalue weighted by Crippen LogP contribution is -1.90. The fourth-order valence-electron chi connectivity index (χ4n) is 3.10. The van der Waals surface area contributed by atoms with Gasteiger partial charge in [-0.2, -0.15) is 5.10 Å². The van der Waals surface area contributed by atoms with Crippen molar-refractivity contribution in [1.29, 1.82) is 0 Å². The van der Waals surface area contributed by atoms with E-state index in [1.165, 1.54) is 11.3 Å². The molecule has 0 radical (unpaired) electrons. The number of nitrogens with one attached hydrogen (secondary N) is 2. The highest BCUT2D eigenvalue weighted by atomic mass is 35.5. The van der Waals surface area contributed by atoms with Gasteiger partial charge >= 0.3 is 0 Å². The van der Waals surface area contributed by atoms with Crippen molar-refractivity contribution in [1.82, 2.24) is 25.4 Å². The number of aryl methyl sites for hydroxylation is 1. The summed E-state index contributed by atoms with van der Waals surface area (Å²) >= 11 is 9.47. The van der Waals surface area contributed by atoms with Gasteiger partial charge in [0.15, 0.2) is 0 Å². The molecule has 0 bridgehead atoms. The summed E-state index contributed by atoms with van der Waals surface area (Å²) < 4.78 is 0. The molecule has 3 heterocycles. The highest BCUT2D eigenvalue weighted by Gasteiger charge is 2.14. The number of benzene rings is 2. The van der Waals surface area contributed by atoms with Gasteiger partial charge in [0.1, 0.15) is 10.0 Å². The second-order valence-electron chi connectivity index (χ2n) is 6.67. The number of aliphatic hydroxyl groups is 1. The molecule has 2 aromatic carbocycles. The second kappa shape index (κ2) is 7.77. The molecule has 30 heavy (non-hydrogen) atoms. The van der Waals surface area contributed by atoms with Crippen LogP contribution in [-0.2, 0) is 6.61 Å². The van der Waals surface area contributed by atoms with Crippen LogP contribution in [-0.4, -0.2) is 30.5 Å². The molecule has 0 amide bonds. The van der Waals surface area contributed by atoms with E-state index in [0.717, 1.165) is 49.0 Å². The van der Waals surface area contributed by atoms with Crippen LogP contribution in [0.4, 0.5) is 10.8 Å². The van der Waals surface area contributed by atoms with Crippen molar-refractivity contribution in [2.24, 2.45) is 0 Å². The smallest absolute Gasteiger partial charge is 0.210 e. The van der Waals surface area contributed by atoms with E-state index in [9.17, 15) is 5.11 Å². The Hall–Kier alpha value is -2.85.